The topological polar surface area (TPSA) is 17.1 Å². The third kappa shape index (κ3) is 14.5. The van der Waals surface area contributed by atoms with Crippen LogP contribution in [0.3, 0.4) is 0 Å². The summed E-state index contributed by atoms with van der Waals surface area (Å²) in [6.45, 7) is 17.8. The Hall–Kier alpha value is 3.90. The van der Waals surface area contributed by atoms with Crippen molar-refractivity contribution >= 4 is 40.4 Å². The van der Waals surface area contributed by atoms with Gasteiger partial charge in [0, 0.05) is 98.1 Å². The predicted octanol–water partition coefficient (Wildman–Crippen LogP) is 7.78. The first-order valence-electron chi connectivity index (χ1n) is 10.7. The molecule has 3 radical (unpaired) electrons. The smallest absolute Gasteiger partial charge is 0.0571 e. The van der Waals surface area contributed by atoms with E-state index in [1.54, 1.807) is 11.8 Å². The zero-order chi connectivity index (χ0) is 20.6. The fourth-order valence-electron chi connectivity index (χ4n) is 3.38. The standard InChI is InChI=1S/2C8H15S.C7H11OS.3Y/c2*1-4-8-5-6(2)7(3)9-8;1-3-6-4-5(2)7(8)9-6;;;/h2*7-8H,4-5H2,1-3H3;6H,3-4H2,1-2H3;;;/q3*-1;;;/t2*7?,8-;6-;;;/m111.../s1. The number of carbonyl (C=O) groups is 1. The van der Waals surface area contributed by atoms with Crippen molar-refractivity contribution in [3.63, 3.8) is 0 Å². The van der Waals surface area contributed by atoms with Gasteiger partial charge in [0.2, 0.25) is 0 Å². The largest absolute Gasteiger partial charge is 0.322 e. The van der Waals surface area contributed by atoms with E-state index in [1.807, 2.05) is 6.92 Å². The van der Waals surface area contributed by atoms with Crippen LogP contribution in [0.4, 0.5) is 0 Å². The second-order valence-corrected chi connectivity index (χ2v) is 12.7. The third-order valence-electron chi connectivity index (χ3n) is 5.80. The maximum absolute atomic E-state index is 10.9. The fraction of sp³-hybridized carbons (Fsp3) is 0.826. The zero-order valence-corrected chi connectivity index (χ0v) is 31.5. The maximum atomic E-state index is 10.9. The molecule has 1 nitrogen and oxygen atoms in total. The predicted molar refractivity (Wildman–Crippen MR) is 130 cm³/mol. The molecule has 30 heavy (non-hydrogen) atoms. The van der Waals surface area contributed by atoms with Gasteiger partial charge in [-0.3, -0.25) is 0 Å². The molecule has 0 aromatic rings. The van der Waals surface area contributed by atoms with E-state index < -0.39 is 0 Å². The van der Waals surface area contributed by atoms with E-state index in [9.17, 15) is 4.79 Å². The monoisotopic (exact) mass is 696 g/mol. The summed E-state index contributed by atoms with van der Waals surface area (Å²) in [5.74, 6) is 4.42. The van der Waals surface area contributed by atoms with Crippen LogP contribution in [0.2, 0.25) is 0 Å². The number of thioether (sulfide) groups is 3. The molecule has 2 unspecified atom stereocenters. The molecule has 7 heteroatoms. The van der Waals surface area contributed by atoms with E-state index >= 15 is 0 Å². The van der Waals surface area contributed by atoms with Crippen molar-refractivity contribution in [2.24, 2.45) is 0 Å². The molecule has 3 aliphatic rings. The minimum atomic E-state index is 0. The van der Waals surface area contributed by atoms with Gasteiger partial charge in [0.25, 0.3) is 0 Å². The van der Waals surface area contributed by atoms with E-state index in [1.165, 1.54) is 37.4 Å². The molecule has 0 spiro atoms. The molecule has 0 amide bonds. The average Bonchev–Trinajstić information content (AvgIpc) is 3.27. The summed E-state index contributed by atoms with van der Waals surface area (Å²) in [5.41, 5.74) is 0. The van der Waals surface area contributed by atoms with Gasteiger partial charge < -0.3 is 22.5 Å². The van der Waals surface area contributed by atoms with Crippen LogP contribution < -0.4 is 0 Å². The van der Waals surface area contributed by atoms with E-state index in [2.05, 4.69) is 72.0 Å². The zero-order valence-electron chi connectivity index (χ0n) is 20.5. The van der Waals surface area contributed by atoms with E-state index in [0.717, 1.165) is 39.8 Å². The molecule has 0 N–H and O–H groups in total. The molecule has 5 atom stereocenters. The molecule has 0 bridgehead atoms. The average molecular weight is 696 g/mol. The van der Waals surface area contributed by atoms with Gasteiger partial charge in [0.15, 0.2) is 0 Å². The van der Waals surface area contributed by atoms with Crippen LogP contribution >= 0.6 is 35.3 Å². The first-order valence-corrected chi connectivity index (χ1v) is 13.5. The van der Waals surface area contributed by atoms with Crippen LogP contribution in [-0.2, 0) is 103 Å². The Bertz CT molecular complexity index is 398. The van der Waals surface area contributed by atoms with Gasteiger partial charge in [-0.2, -0.15) is 57.1 Å². The van der Waals surface area contributed by atoms with Crippen molar-refractivity contribution < 1.29 is 103 Å². The van der Waals surface area contributed by atoms with Crippen molar-refractivity contribution in [3.8, 4) is 0 Å². The normalized spacial score (nSPS) is 30.9. The minimum absolute atomic E-state index is 0. The quantitative estimate of drug-likeness (QED) is 0.281. The van der Waals surface area contributed by atoms with Crippen LogP contribution in [0.15, 0.2) is 0 Å². The first kappa shape index (κ1) is 38.4. The first-order chi connectivity index (χ1) is 12.7. The van der Waals surface area contributed by atoms with Crippen LogP contribution in [0.5, 0.6) is 0 Å². The van der Waals surface area contributed by atoms with E-state index in [-0.39, 0.29) is 98.1 Å². The molecule has 3 heterocycles. The van der Waals surface area contributed by atoms with Crippen LogP contribution in [0.25, 0.3) is 0 Å². The Morgan fingerprint density at radius 2 is 1.10 bits per heavy atom. The van der Waals surface area contributed by atoms with Crippen molar-refractivity contribution in [2.45, 2.75) is 120 Å². The molecule has 0 saturated carbocycles. The Labute approximate surface area is 276 Å². The van der Waals surface area contributed by atoms with Gasteiger partial charge in [-0.05, 0) is 35.0 Å². The summed E-state index contributed by atoms with van der Waals surface area (Å²) < 4.78 is 0. The maximum Gasteiger partial charge on any atom is 0.0571 e. The molecule has 169 valence electrons. The van der Waals surface area contributed by atoms with Gasteiger partial charge >= 0.3 is 0 Å². The van der Waals surface area contributed by atoms with Gasteiger partial charge in [-0.25, -0.2) is 0 Å². The van der Waals surface area contributed by atoms with Crippen molar-refractivity contribution in [2.75, 3.05) is 0 Å². The molecule has 0 aromatic heterocycles. The van der Waals surface area contributed by atoms with Crippen molar-refractivity contribution in [1.82, 2.24) is 0 Å². The van der Waals surface area contributed by atoms with E-state index in [0.29, 0.717) is 10.4 Å². The Kier molecular flexibility index (Phi) is 26.9. The molecule has 3 fully saturated rings. The molecule has 3 rings (SSSR count). The Morgan fingerprint density at radius 3 is 1.23 bits per heavy atom. The molecular formula is C23H41OS3Y3-3. The fourth-order valence-corrected chi connectivity index (χ4v) is 7.39. The molecule has 3 saturated heterocycles. The van der Waals surface area contributed by atoms with Crippen LogP contribution in [-0.4, -0.2) is 31.4 Å². The van der Waals surface area contributed by atoms with Crippen LogP contribution in [0, 0.1) is 17.8 Å². The molecule has 0 aromatic carbocycles. The second kappa shape index (κ2) is 21.0. The number of rotatable bonds is 3. The Morgan fingerprint density at radius 1 is 0.733 bits per heavy atom. The van der Waals surface area contributed by atoms with Gasteiger partial charge in [0.1, 0.15) is 0 Å². The summed E-state index contributed by atoms with van der Waals surface area (Å²) in [5, 5.41) is 4.41. The number of hydrogen-bond donors (Lipinski definition) is 0. The SMILES string of the molecule is CC[C@@H]1C[C-](C)C(=O)S1.CC[C@@H]1C[C-](C)C(C)S1.CC[C@@H]1C[C-](C)C(C)S1.[Y].[Y].[Y]. The van der Waals surface area contributed by atoms with Crippen molar-refractivity contribution in [3.05, 3.63) is 17.8 Å². The van der Waals surface area contributed by atoms with E-state index in [4.69, 9.17) is 0 Å². The number of hydrogen-bond acceptors (Lipinski definition) is 4. The summed E-state index contributed by atoms with van der Waals surface area (Å²) >= 11 is 5.77. The molecule has 0 aliphatic carbocycles. The number of carbonyl (C=O) groups excluding carboxylic acids is 1. The summed E-state index contributed by atoms with van der Waals surface area (Å²) in [4.78, 5) is 10.9. The third-order valence-corrected chi connectivity index (χ3v) is 10.6. The molecular weight excluding hydrogens is 655 g/mol. The summed E-state index contributed by atoms with van der Waals surface area (Å²) in [6.07, 6.45) is 7.54. The van der Waals surface area contributed by atoms with Gasteiger partial charge in [-0.1, -0.05) is 34.6 Å². The minimum Gasteiger partial charge on any atom is -0.322 e. The van der Waals surface area contributed by atoms with Crippen LogP contribution in [0.1, 0.15) is 93.9 Å². The summed E-state index contributed by atoms with van der Waals surface area (Å²) in [6, 6.07) is 0. The second-order valence-electron chi connectivity index (χ2n) is 8.14. The van der Waals surface area contributed by atoms with Crippen molar-refractivity contribution in [1.29, 1.82) is 0 Å². The van der Waals surface area contributed by atoms with Gasteiger partial charge in [0.05, 0.1) is 5.12 Å². The Balaban J connectivity index is -0.000000347. The summed E-state index contributed by atoms with van der Waals surface area (Å²) in [7, 11) is 0. The van der Waals surface area contributed by atoms with Gasteiger partial charge in [-0.15, -0.1) is 28.7 Å². The molecule has 3 aliphatic heterocycles.